The lowest BCUT2D eigenvalue weighted by atomic mass is 10.1. The molecular weight excluding hydrogens is 376 g/mol. The average molecular weight is 401 g/mol. The molecule has 1 fully saturated rings. The van der Waals surface area contributed by atoms with E-state index in [2.05, 4.69) is 4.72 Å². The first-order chi connectivity index (χ1) is 13.3. The van der Waals surface area contributed by atoms with Crippen molar-refractivity contribution >= 4 is 27.3 Å². The van der Waals surface area contributed by atoms with Gasteiger partial charge >= 0.3 is 0 Å². The van der Waals surface area contributed by atoms with Crippen molar-refractivity contribution in [1.29, 1.82) is 0 Å². The van der Waals surface area contributed by atoms with Gasteiger partial charge < -0.3 is 9.64 Å². The molecule has 0 bridgehead atoms. The first-order valence-electron chi connectivity index (χ1n) is 9.43. The Morgan fingerprint density at radius 2 is 1.93 bits per heavy atom. The third-order valence-electron chi connectivity index (χ3n) is 5.34. The van der Waals surface area contributed by atoms with E-state index in [-0.39, 0.29) is 22.8 Å². The number of carbonyl (C=O) groups is 1. The van der Waals surface area contributed by atoms with Crippen LogP contribution in [0, 0.1) is 12.8 Å². The van der Waals surface area contributed by atoms with Gasteiger partial charge in [-0.05, 0) is 74.6 Å². The maximum Gasteiger partial charge on any atom is 0.262 e. The number of methoxy groups -OCH3 is 1. The second-order valence-corrected chi connectivity index (χ2v) is 9.32. The standard InChI is InChI=1S/C21H24N2O4S/c1-13-4-9-20(27-3)18(10-13)22-28(25,26)17-7-8-19-16(12-17)11-14(2)23(19)21(24)15-5-6-15/h4,7-10,12,14-15,22H,5-6,11H2,1-3H3. The van der Waals surface area contributed by atoms with Crippen LogP contribution < -0.4 is 14.4 Å². The minimum atomic E-state index is -3.78. The Kier molecular flexibility index (Phi) is 4.57. The number of hydrogen-bond donors (Lipinski definition) is 1. The highest BCUT2D eigenvalue weighted by atomic mass is 32.2. The molecule has 2 aromatic carbocycles. The Bertz CT molecular complexity index is 1040. The molecule has 1 N–H and O–H groups in total. The van der Waals surface area contributed by atoms with Crippen LogP contribution in [0.4, 0.5) is 11.4 Å². The molecule has 0 radical (unpaired) electrons. The number of ether oxygens (including phenoxy) is 1. The van der Waals surface area contributed by atoms with Crippen LogP contribution in [0.5, 0.6) is 5.75 Å². The number of anilines is 2. The summed E-state index contributed by atoms with van der Waals surface area (Å²) in [6.45, 7) is 3.89. The molecule has 28 heavy (non-hydrogen) atoms. The summed E-state index contributed by atoms with van der Waals surface area (Å²) >= 11 is 0. The molecule has 0 saturated heterocycles. The van der Waals surface area contributed by atoms with E-state index >= 15 is 0 Å². The Hall–Kier alpha value is -2.54. The van der Waals surface area contributed by atoms with Crippen molar-refractivity contribution in [3.8, 4) is 5.75 Å². The molecule has 2 aromatic rings. The average Bonchev–Trinajstić information content (AvgIpc) is 3.43. The first kappa shape index (κ1) is 18.8. The van der Waals surface area contributed by atoms with E-state index in [1.165, 1.54) is 7.11 Å². The highest BCUT2D eigenvalue weighted by Crippen LogP contribution is 2.40. The number of carbonyl (C=O) groups excluding carboxylic acids is 1. The fraction of sp³-hybridized carbons (Fsp3) is 0.381. The van der Waals surface area contributed by atoms with Gasteiger partial charge in [0.25, 0.3) is 10.0 Å². The van der Waals surface area contributed by atoms with Gasteiger partial charge in [-0.15, -0.1) is 0 Å². The number of nitrogens with zero attached hydrogens (tertiary/aromatic N) is 1. The number of nitrogens with one attached hydrogen (secondary N) is 1. The van der Waals surface area contributed by atoms with Crippen molar-refractivity contribution < 1.29 is 17.9 Å². The summed E-state index contributed by atoms with van der Waals surface area (Å²) in [5, 5.41) is 0. The summed E-state index contributed by atoms with van der Waals surface area (Å²) < 4.78 is 33.8. The smallest absolute Gasteiger partial charge is 0.262 e. The van der Waals surface area contributed by atoms with Gasteiger partial charge in [0.15, 0.2) is 0 Å². The van der Waals surface area contributed by atoms with Gasteiger partial charge in [-0.2, -0.15) is 0 Å². The summed E-state index contributed by atoms with van der Waals surface area (Å²) in [6, 6.07) is 10.4. The number of fused-ring (bicyclic) bond motifs is 1. The van der Waals surface area contributed by atoms with Crippen LogP contribution in [0.15, 0.2) is 41.3 Å². The van der Waals surface area contributed by atoms with Crippen molar-refractivity contribution in [3.63, 3.8) is 0 Å². The fourth-order valence-electron chi connectivity index (χ4n) is 3.74. The molecule has 6 nitrogen and oxygen atoms in total. The van der Waals surface area contributed by atoms with E-state index in [9.17, 15) is 13.2 Å². The van der Waals surface area contributed by atoms with Crippen LogP contribution in [0.2, 0.25) is 0 Å². The summed E-state index contributed by atoms with van der Waals surface area (Å²) in [5.74, 6) is 0.752. The monoisotopic (exact) mass is 400 g/mol. The minimum Gasteiger partial charge on any atom is -0.495 e. The second-order valence-electron chi connectivity index (χ2n) is 7.64. The molecule has 1 saturated carbocycles. The van der Waals surface area contributed by atoms with Crippen molar-refractivity contribution in [2.75, 3.05) is 16.7 Å². The molecule has 1 heterocycles. The van der Waals surface area contributed by atoms with Crippen LogP contribution in [0.1, 0.15) is 30.9 Å². The van der Waals surface area contributed by atoms with Crippen LogP contribution in [0.3, 0.4) is 0 Å². The number of amides is 1. The summed E-state index contributed by atoms with van der Waals surface area (Å²) in [5.41, 5.74) is 3.05. The molecule has 148 valence electrons. The molecule has 4 rings (SSSR count). The van der Waals surface area contributed by atoms with E-state index in [1.54, 1.807) is 30.3 Å². The Morgan fingerprint density at radius 3 is 2.61 bits per heavy atom. The first-order valence-corrected chi connectivity index (χ1v) is 10.9. The topological polar surface area (TPSA) is 75.7 Å². The molecule has 1 aliphatic carbocycles. The third kappa shape index (κ3) is 3.35. The second kappa shape index (κ2) is 6.81. The Labute approximate surface area is 165 Å². The van der Waals surface area contributed by atoms with E-state index in [0.29, 0.717) is 17.9 Å². The zero-order valence-electron chi connectivity index (χ0n) is 16.2. The Morgan fingerprint density at radius 1 is 1.18 bits per heavy atom. The number of aryl methyl sites for hydroxylation is 1. The number of sulfonamides is 1. The molecule has 0 spiro atoms. The minimum absolute atomic E-state index is 0.0471. The number of benzene rings is 2. The fourth-order valence-corrected chi connectivity index (χ4v) is 4.85. The molecular formula is C21H24N2O4S. The number of rotatable bonds is 5. The van der Waals surface area contributed by atoms with E-state index in [1.807, 2.05) is 24.8 Å². The normalized spacial score (nSPS) is 18.7. The van der Waals surface area contributed by atoms with Gasteiger partial charge in [0.05, 0.1) is 17.7 Å². The van der Waals surface area contributed by atoms with Gasteiger partial charge in [0, 0.05) is 17.6 Å². The maximum absolute atomic E-state index is 12.9. The van der Waals surface area contributed by atoms with E-state index in [0.717, 1.165) is 29.7 Å². The summed E-state index contributed by atoms with van der Waals surface area (Å²) in [4.78, 5) is 14.6. The van der Waals surface area contributed by atoms with Crippen molar-refractivity contribution in [3.05, 3.63) is 47.5 Å². The van der Waals surface area contributed by atoms with Crippen LogP contribution in [-0.2, 0) is 21.2 Å². The third-order valence-corrected chi connectivity index (χ3v) is 6.70. The maximum atomic E-state index is 12.9. The SMILES string of the molecule is COc1ccc(C)cc1NS(=O)(=O)c1ccc2c(c1)CC(C)N2C(=O)C1CC1. The molecule has 7 heteroatoms. The van der Waals surface area contributed by atoms with Crippen molar-refractivity contribution in [2.45, 2.75) is 44.0 Å². The zero-order chi connectivity index (χ0) is 20.1. The highest BCUT2D eigenvalue weighted by Gasteiger charge is 2.39. The molecule has 1 unspecified atom stereocenters. The molecule has 0 aromatic heterocycles. The zero-order valence-corrected chi connectivity index (χ0v) is 17.0. The van der Waals surface area contributed by atoms with Crippen molar-refractivity contribution in [2.24, 2.45) is 5.92 Å². The number of hydrogen-bond acceptors (Lipinski definition) is 4. The predicted molar refractivity (Wildman–Crippen MR) is 108 cm³/mol. The predicted octanol–water partition coefficient (Wildman–Crippen LogP) is 3.49. The van der Waals surface area contributed by atoms with E-state index in [4.69, 9.17) is 4.74 Å². The van der Waals surface area contributed by atoms with E-state index < -0.39 is 10.0 Å². The lowest BCUT2D eigenvalue weighted by Crippen LogP contribution is -2.36. The van der Waals surface area contributed by atoms with Crippen LogP contribution in [0.25, 0.3) is 0 Å². The largest absolute Gasteiger partial charge is 0.495 e. The van der Waals surface area contributed by atoms with Gasteiger partial charge in [-0.25, -0.2) is 8.42 Å². The quantitative estimate of drug-likeness (QED) is 0.834. The lowest BCUT2D eigenvalue weighted by molar-refractivity contribution is -0.120. The molecule has 1 atom stereocenters. The van der Waals surface area contributed by atoms with Crippen molar-refractivity contribution in [1.82, 2.24) is 0 Å². The molecule has 2 aliphatic rings. The lowest BCUT2D eigenvalue weighted by Gasteiger charge is -2.22. The van der Waals surface area contributed by atoms with Gasteiger partial charge in [0.2, 0.25) is 5.91 Å². The van der Waals surface area contributed by atoms with Gasteiger partial charge in [-0.3, -0.25) is 9.52 Å². The van der Waals surface area contributed by atoms with Crippen LogP contribution >= 0.6 is 0 Å². The molecule has 1 amide bonds. The highest BCUT2D eigenvalue weighted by molar-refractivity contribution is 7.92. The summed E-state index contributed by atoms with van der Waals surface area (Å²) in [7, 11) is -2.27. The Balaban J connectivity index is 1.64. The molecule has 1 aliphatic heterocycles. The van der Waals surface area contributed by atoms with Gasteiger partial charge in [0.1, 0.15) is 5.75 Å². The van der Waals surface area contributed by atoms with Crippen LogP contribution in [-0.4, -0.2) is 27.5 Å². The van der Waals surface area contributed by atoms with Gasteiger partial charge in [-0.1, -0.05) is 6.07 Å². The summed E-state index contributed by atoms with van der Waals surface area (Å²) in [6.07, 6.45) is 2.56.